The topological polar surface area (TPSA) is 47.9 Å². The highest BCUT2D eigenvalue weighted by molar-refractivity contribution is 9.10. The molecule has 2 rings (SSSR count). The number of aliphatic imine (C=N–C) groups is 1. The van der Waals surface area contributed by atoms with E-state index in [1.807, 2.05) is 12.1 Å². The minimum Gasteiger partial charge on any atom is -0.497 e. The first-order valence-corrected chi connectivity index (χ1v) is 6.97. The third-order valence-electron chi connectivity index (χ3n) is 3.65. The van der Waals surface area contributed by atoms with Crippen LogP contribution in [0.15, 0.2) is 21.6 Å². The van der Waals surface area contributed by atoms with Crippen LogP contribution in [0.25, 0.3) is 0 Å². The SMILES string of the molecule is COc1cc(Br)c(OC)c(C2(N=C=O)CCCC2)c1. The lowest BCUT2D eigenvalue weighted by molar-refractivity contribution is 0.369. The second kappa shape index (κ2) is 5.76. The maximum absolute atomic E-state index is 10.8. The van der Waals surface area contributed by atoms with Crippen molar-refractivity contribution in [1.29, 1.82) is 0 Å². The number of hydrogen-bond acceptors (Lipinski definition) is 4. The van der Waals surface area contributed by atoms with Crippen molar-refractivity contribution in [3.8, 4) is 11.5 Å². The van der Waals surface area contributed by atoms with Crippen molar-refractivity contribution in [3.05, 3.63) is 22.2 Å². The van der Waals surface area contributed by atoms with Crippen LogP contribution in [0.2, 0.25) is 0 Å². The van der Waals surface area contributed by atoms with Gasteiger partial charge in [0.2, 0.25) is 6.08 Å². The Morgan fingerprint density at radius 2 is 1.95 bits per heavy atom. The average molecular weight is 326 g/mol. The van der Waals surface area contributed by atoms with Crippen LogP contribution in [-0.4, -0.2) is 20.3 Å². The Morgan fingerprint density at radius 1 is 1.26 bits per heavy atom. The Bertz CT molecular complexity index is 518. The average Bonchev–Trinajstić information content (AvgIpc) is 2.88. The van der Waals surface area contributed by atoms with Gasteiger partial charge >= 0.3 is 0 Å². The van der Waals surface area contributed by atoms with E-state index in [-0.39, 0.29) is 0 Å². The van der Waals surface area contributed by atoms with Gasteiger partial charge in [0.25, 0.3) is 0 Å². The summed E-state index contributed by atoms with van der Waals surface area (Å²) in [7, 11) is 3.23. The van der Waals surface area contributed by atoms with Crippen molar-refractivity contribution in [2.75, 3.05) is 14.2 Å². The molecule has 0 bridgehead atoms. The molecule has 1 aromatic rings. The maximum atomic E-state index is 10.8. The van der Waals surface area contributed by atoms with E-state index in [0.29, 0.717) is 5.75 Å². The highest BCUT2D eigenvalue weighted by Gasteiger charge is 2.39. The highest BCUT2D eigenvalue weighted by Crippen LogP contribution is 2.48. The number of rotatable bonds is 4. The summed E-state index contributed by atoms with van der Waals surface area (Å²) in [5.74, 6) is 1.43. The summed E-state index contributed by atoms with van der Waals surface area (Å²) in [5, 5.41) is 0. The second-order valence-electron chi connectivity index (χ2n) is 4.63. The predicted octanol–water partition coefficient (Wildman–Crippen LogP) is 3.57. The molecule has 0 unspecified atom stereocenters. The molecule has 5 heteroatoms. The van der Waals surface area contributed by atoms with Crippen molar-refractivity contribution < 1.29 is 14.3 Å². The van der Waals surface area contributed by atoms with Gasteiger partial charge in [0.1, 0.15) is 17.0 Å². The third-order valence-corrected chi connectivity index (χ3v) is 4.24. The van der Waals surface area contributed by atoms with Gasteiger partial charge < -0.3 is 9.47 Å². The zero-order chi connectivity index (χ0) is 13.9. The fraction of sp³-hybridized carbons (Fsp3) is 0.500. The van der Waals surface area contributed by atoms with E-state index in [2.05, 4.69) is 20.9 Å². The highest BCUT2D eigenvalue weighted by atomic mass is 79.9. The zero-order valence-corrected chi connectivity index (χ0v) is 12.6. The van der Waals surface area contributed by atoms with Gasteiger partial charge in [-0.1, -0.05) is 12.8 Å². The van der Waals surface area contributed by atoms with Gasteiger partial charge in [-0.05, 0) is 40.9 Å². The number of isocyanates is 1. The Kier molecular flexibility index (Phi) is 4.27. The number of nitrogens with zero attached hydrogens (tertiary/aromatic N) is 1. The number of hydrogen-bond donors (Lipinski definition) is 0. The van der Waals surface area contributed by atoms with E-state index < -0.39 is 5.54 Å². The summed E-state index contributed by atoms with van der Waals surface area (Å²) in [6.07, 6.45) is 5.47. The third kappa shape index (κ3) is 2.53. The molecule has 1 saturated carbocycles. The first-order valence-electron chi connectivity index (χ1n) is 6.18. The van der Waals surface area contributed by atoms with Gasteiger partial charge in [0.15, 0.2) is 0 Å². The van der Waals surface area contributed by atoms with Gasteiger partial charge in [0.05, 0.1) is 18.7 Å². The van der Waals surface area contributed by atoms with Crippen LogP contribution < -0.4 is 9.47 Å². The summed E-state index contributed by atoms with van der Waals surface area (Å²) < 4.78 is 11.6. The Labute approximate surface area is 120 Å². The largest absolute Gasteiger partial charge is 0.497 e. The van der Waals surface area contributed by atoms with E-state index in [1.165, 1.54) is 0 Å². The van der Waals surface area contributed by atoms with Crippen molar-refractivity contribution in [2.45, 2.75) is 31.2 Å². The molecule has 0 saturated heterocycles. The molecule has 0 aliphatic heterocycles. The normalized spacial score (nSPS) is 16.8. The molecule has 0 aromatic heterocycles. The summed E-state index contributed by atoms with van der Waals surface area (Å²) in [6.45, 7) is 0. The van der Waals surface area contributed by atoms with Gasteiger partial charge in [-0.2, -0.15) is 4.99 Å². The van der Waals surface area contributed by atoms with Crippen LogP contribution >= 0.6 is 15.9 Å². The fourth-order valence-electron chi connectivity index (χ4n) is 2.73. The molecule has 1 aliphatic carbocycles. The lowest BCUT2D eigenvalue weighted by Crippen LogP contribution is -2.20. The molecular formula is C14H16BrNO3. The number of benzene rings is 1. The molecule has 0 heterocycles. The molecule has 19 heavy (non-hydrogen) atoms. The lowest BCUT2D eigenvalue weighted by atomic mass is 9.88. The summed E-state index contributed by atoms with van der Waals surface area (Å²) >= 11 is 3.48. The smallest absolute Gasteiger partial charge is 0.235 e. The summed E-state index contributed by atoms with van der Waals surface area (Å²) in [4.78, 5) is 14.9. The van der Waals surface area contributed by atoms with Crippen molar-refractivity contribution in [3.63, 3.8) is 0 Å². The molecule has 1 aliphatic rings. The summed E-state index contributed by atoms with van der Waals surface area (Å²) in [6, 6.07) is 3.74. The molecule has 0 atom stereocenters. The Morgan fingerprint density at radius 3 is 2.47 bits per heavy atom. The monoisotopic (exact) mass is 325 g/mol. The standard InChI is InChI=1S/C14H16BrNO3/c1-18-10-7-11(13(19-2)12(15)8-10)14(16-9-17)5-3-4-6-14/h7-8H,3-6H2,1-2H3. The predicted molar refractivity (Wildman–Crippen MR) is 75.5 cm³/mol. The molecule has 0 N–H and O–H groups in total. The molecule has 0 radical (unpaired) electrons. The first kappa shape index (κ1) is 14.1. The number of halogens is 1. The van der Waals surface area contributed by atoms with Gasteiger partial charge in [-0.15, -0.1) is 0 Å². The lowest BCUT2D eigenvalue weighted by Gasteiger charge is -2.26. The van der Waals surface area contributed by atoms with Crippen LogP contribution in [0.3, 0.4) is 0 Å². The molecule has 1 fully saturated rings. The van der Waals surface area contributed by atoms with E-state index in [4.69, 9.17) is 9.47 Å². The molecule has 0 amide bonds. The van der Waals surface area contributed by atoms with Crippen LogP contribution in [0.5, 0.6) is 11.5 Å². The maximum Gasteiger partial charge on any atom is 0.235 e. The number of methoxy groups -OCH3 is 2. The van der Waals surface area contributed by atoms with Crippen molar-refractivity contribution in [2.24, 2.45) is 4.99 Å². The molecule has 4 nitrogen and oxygen atoms in total. The Hall–Kier alpha value is -1.32. The quantitative estimate of drug-likeness (QED) is 0.628. The summed E-state index contributed by atoms with van der Waals surface area (Å²) in [5.41, 5.74) is 0.367. The Balaban J connectivity index is 2.64. The van der Waals surface area contributed by atoms with Gasteiger partial charge in [-0.3, -0.25) is 0 Å². The molecule has 0 spiro atoms. The zero-order valence-electron chi connectivity index (χ0n) is 11.0. The number of ether oxygens (including phenoxy) is 2. The molecule has 102 valence electrons. The molecule has 1 aromatic carbocycles. The fourth-order valence-corrected chi connectivity index (χ4v) is 3.33. The van der Waals surface area contributed by atoms with Crippen LogP contribution in [0.4, 0.5) is 0 Å². The first-order chi connectivity index (χ1) is 9.16. The molecular weight excluding hydrogens is 310 g/mol. The van der Waals surface area contributed by atoms with Crippen molar-refractivity contribution in [1.82, 2.24) is 0 Å². The van der Waals surface area contributed by atoms with E-state index in [9.17, 15) is 4.79 Å². The minimum atomic E-state index is -0.524. The van der Waals surface area contributed by atoms with Crippen LogP contribution in [0.1, 0.15) is 31.2 Å². The minimum absolute atomic E-state index is 0.524. The van der Waals surface area contributed by atoms with E-state index in [1.54, 1.807) is 20.3 Å². The van der Waals surface area contributed by atoms with E-state index >= 15 is 0 Å². The van der Waals surface area contributed by atoms with Crippen LogP contribution in [0, 0.1) is 0 Å². The van der Waals surface area contributed by atoms with Crippen molar-refractivity contribution >= 4 is 22.0 Å². The van der Waals surface area contributed by atoms with Crippen LogP contribution in [-0.2, 0) is 10.3 Å². The second-order valence-corrected chi connectivity index (χ2v) is 5.49. The van der Waals surface area contributed by atoms with E-state index in [0.717, 1.165) is 41.5 Å². The van der Waals surface area contributed by atoms with Gasteiger partial charge in [-0.25, -0.2) is 4.79 Å². The number of carbonyl (C=O) groups excluding carboxylic acids is 1. The van der Waals surface area contributed by atoms with Gasteiger partial charge in [0, 0.05) is 5.56 Å².